The van der Waals surface area contributed by atoms with Gasteiger partial charge in [0.25, 0.3) is 5.88 Å². The summed E-state index contributed by atoms with van der Waals surface area (Å²) >= 11 is 0. The van der Waals surface area contributed by atoms with Gasteiger partial charge in [0.1, 0.15) is 28.6 Å². The number of fused-ring (bicyclic) bond motifs is 1. The van der Waals surface area contributed by atoms with Gasteiger partial charge in [-0.05, 0) is 51.1 Å². The average Bonchev–Trinajstić information content (AvgIpc) is 2.78. The summed E-state index contributed by atoms with van der Waals surface area (Å²) in [7, 11) is 0. The van der Waals surface area contributed by atoms with Crippen molar-refractivity contribution in [3.63, 3.8) is 0 Å². The number of nitrogens with one attached hydrogen (secondary N) is 3. The third-order valence-electron chi connectivity index (χ3n) is 4.74. The molecule has 4 rings (SSSR count). The molecule has 1 aromatic heterocycles. The molecule has 1 amide bonds. The maximum atomic E-state index is 12.4. The van der Waals surface area contributed by atoms with E-state index < -0.39 is 11.6 Å². The minimum atomic E-state index is -0.649. The van der Waals surface area contributed by atoms with Crippen LogP contribution in [0.2, 0.25) is 0 Å². The number of nitrogens with zero attached hydrogens (tertiary/aromatic N) is 2. The third-order valence-corrected chi connectivity index (χ3v) is 4.74. The van der Waals surface area contributed by atoms with Crippen molar-refractivity contribution in [3.8, 4) is 23.4 Å². The molecule has 1 aliphatic heterocycles. The molecule has 0 bridgehead atoms. The first-order valence-corrected chi connectivity index (χ1v) is 10.9. The number of amidine groups is 1. The first kappa shape index (κ1) is 24.3. The largest absolute Gasteiger partial charge is 0.456 e. The Kier molecular flexibility index (Phi) is 6.34. The lowest BCUT2D eigenvalue weighted by atomic mass is 10.1. The lowest BCUT2D eigenvalue weighted by molar-refractivity contribution is -0.114. The van der Waals surface area contributed by atoms with Gasteiger partial charge in [0.2, 0.25) is 5.91 Å². The van der Waals surface area contributed by atoms with Gasteiger partial charge in [0.15, 0.2) is 5.82 Å². The Morgan fingerprint density at radius 3 is 2.53 bits per heavy atom. The van der Waals surface area contributed by atoms with E-state index in [0.717, 1.165) is 0 Å². The van der Waals surface area contributed by atoms with E-state index in [1.165, 1.54) is 18.2 Å². The molecule has 0 radical (unpaired) electrons. The number of nitrogen functional groups attached to an aromatic ring is 2. The van der Waals surface area contributed by atoms with Crippen molar-refractivity contribution in [2.45, 2.75) is 26.4 Å². The Morgan fingerprint density at radius 1 is 1.08 bits per heavy atom. The fourth-order valence-corrected chi connectivity index (χ4v) is 3.22. The van der Waals surface area contributed by atoms with Crippen molar-refractivity contribution in [1.82, 2.24) is 9.97 Å². The van der Waals surface area contributed by atoms with Crippen LogP contribution in [0.3, 0.4) is 0 Å². The SMILES string of the molecule is CC(C)(C)OC(=O)c1cccc(Oc2nc3c(c(Oc4ccc(C(=N)N)c(N)c4)n2)NC(=O)CN3)c1. The molecule has 3 aromatic rings. The number of hydrogen-bond acceptors (Lipinski definition) is 10. The Hall–Kier alpha value is -4.87. The summed E-state index contributed by atoms with van der Waals surface area (Å²) in [6, 6.07) is 10.9. The number of carbonyl (C=O) groups excluding carboxylic acids is 2. The number of carbonyl (C=O) groups is 2. The molecule has 0 saturated carbocycles. The monoisotopic (exact) mass is 491 g/mol. The van der Waals surface area contributed by atoms with Crippen LogP contribution < -0.4 is 31.6 Å². The van der Waals surface area contributed by atoms with E-state index in [1.54, 1.807) is 45.0 Å². The lowest BCUT2D eigenvalue weighted by Gasteiger charge is -2.21. The zero-order valence-electron chi connectivity index (χ0n) is 19.8. The summed E-state index contributed by atoms with van der Waals surface area (Å²) in [6.07, 6.45) is 0. The third kappa shape index (κ3) is 5.60. The van der Waals surface area contributed by atoms with Crippen LogP contribution in [0.25, 0.3) is 0 Å². The van der Waals surface area contributed by atoms with Gasteiger partial charge in [0, 0.05) is 17.3 Å². The van der Waals surface area contributed by atoms with Crippen LogP contribution in [-0.2, 0) is 9.53 Å². The highest BCUT2D eigenvalue weighted by molar-refractivity contribution is 6.01. The fourth-order valence-electron chi connectivity index (χ4n) is 3.22. The summed E-state index contributed by atoms with van der Waals surface area (Å²) in [5.74, 6) is -0.130. The standard InChI is InChI=1S/C24H25N7O5/c1-24(2,3)36-22(33)12-5-4-6-13(9-12)35-23-30-20-18(29-17(32)11-28-20)21(31-23)34-14-7-8-15(19(26)27)16(25)10-14/h4-10H,11,25H2,1-3H3,(H3,26,27)(H,29,32)(H,28,30,31). The van der Waals surface area contributed by atoms with Crippen LogP contribution in [0.1, 0.15) is 36.7 Å². The lowest BCUT2D eigenvalue weighted by Crippen LogP contribution is -2.28. The molecule has 2 aromatic carbocycles. The molecule has 12 heteroatoms. The minimum absolute atomic E-state index is 0.00270. The summed E-state index contributed by atoms with van der Waals surface area (Å²) in [4.78, 5) is 33.0. The predicted octanol–water partition coefficient (Wildman–Crippen LogP) is 3.25. The number of hydrogen-bond donors (Lipinski definition) is 5. The summed E-state index contributed by atoms with van der Waals surface area (Å²) in [5, 5.41) is 13.1. The molecular weight excluding hydrogens is 466 g/mol. The molecule has 0 unspecified atom stereocenters. The second-order valence-electron chi connectivity index (χ2n) is 8.83. The first-order valence-electron chi connectivity index (χ1n) is 10.9. The second kappa shape index (κ2) is 9.41. The molecular formula is C24H25N7O5. The van der Waals surface area contributed by atoms with E-state index in [2.05, 4.69) is 20.6 Å². The van der Waals surface area contributed by atoms with Crippen molar-refractivity contribution in [1.29, 1.82) is 5.41 Å². The Balaban J connectivity index is 1.65. The molecule has 0 atom stereocenters. The zero-order valence-corrected chi connectivity index (χ0v) is 19.8. The van der Waals surface area contributed by atoms with E-state index in [-0.39, 0.29) is 53.1 Å². The van der Waals surface area contributed by atoms with Crippen LogP contribution in [-0.4, -0.2) is 39.8 Å². The Bertz CT molecular complexity index is 1370. The second-order valence-corrected chi connectivity index (χ2v) is 8.83. The van der Waals surface area contributed by atoms with Gasteiger partial charge in [-0.25, -0.2) is 4.79 Å². The molecule has 7 N–H and O–H groups in total. The van der Waals surface area contributed by atoms with Gasteiger partial charge in [-0.3, -0.25) is 10.2 Å². The molecule has 186 valence electrons. The normalized spacial score (nSPS) is 12.6. The Morgan fingerprint density at radius 2 is 1.83 bits per heavy atom. The smallest absolute Gasteiger partial charge is 0.338 e. The van der Waals surface area contributed by atoms with Gasteiger partial charge in [-0.15, -0.1) is 0 Å². The summed E-state index contributed by atoms with van der Waals surface area (Å²) in [6.45, 7) is 5.33. The molecule has 2 heterocycles. The van der Waals surface area contributed by atoms with E-state index >= 15 is 0 Å². The first-order chi connectivity index (χ1) is 17.0. The number of benzene rings is 2. The number of aromatic nitrogens is 2. The van der Waals surface area contributed by atoms with E-state index in [4.69, 9.17) is 31.1 Å². The fraction of sp³-hybridized carbons (Fsp3) is 0.208. The number of rotatable bonds is 6. The van der Waals surface area contributed by atoms with Crippen molar-refractivity contribution < 1.29 is 23.8 Å². The van der Waals surface area contributed by atoms with Crippen LogP contribution in [0.15, 0.2) is 42.5 Å². The van der Waals surface area contributed by atoms with Gasteiger partial charge in [-0.1, -0.05) is 6.07 Å². The van der Waals surface area contributed by atoms with Crippen molar-refractivity contribution in [3.05, 3.63) is 53.6 Å². The Labute approximate surface area is 206 Å². The maximum absolute atomic E-state index is 12.4. The highest BCUT2D eigenvalue weighted by Gasteiger charge is 2.24. The average molecular weight is 492 g/mol. The van der Waals surface area contributed by atoms with Crippen molar-refractivity contribution >= 4 is 34.9 Å². The molecule has 0 saturated heterocycles. The van der Waals surface area contributed by atoms with E-state index in [0.29, 0.717) is 16.9 Å². The number of amides is 1. The highest BCUT2D eigenvalue weighted by Crippen LogP contribution is 2.37. The zero-order chi connectivity index (χ0) is 26.0. The van der Waals surface area contributed by atoms with Gasteiger partial charge in [-0.2, -0.15) is 9.97 Å². The minimum Gasteiger partial charge on any atom is -0.456 e. The van der Waals surface area contributed by atoms with Gasteiger partial charge < -0.3 is 36.3 Å². The molecule has 36 heavy (non-hydrogen) atoms. The molecule has 0 fully saturated rings. The molecule has 1 aliphatic rings. The quantitative estimate of drug-likeness (QED) is 0.148. The van der Waals surface area contributed by atoms with Gasteiger partial charge >= 0.3 is 12.0 Å². The molecule has 0 spiro atoms. The van der Waals surface area contributed by atoms with Gasteiger partial charge in [0.05, 0.1) is 12.1 Å². The van der Waals surface area contributed by atoms with Crippen LogP contribution in [0.5, 0.6) is 23.4 Å². The molecule has 0 aliphatic carbocycles. The van der Waals surface area contributed by atoms with Crippen molar-refractivity contribution in [2.75, 3.05) is 22.9 Å². The summed E-state index contributed by atoms with van der Waals surface area (Å²) in [5.41, 5.74) is 11.9. The summed E-state index contributed by atoms with van der Waals surface area (Å²) < 4.78 is 17.1. The number of esters is 1. The topological polar surface area (TPSA) is 188 Å². The van der Waals surface area contributed by atoms with E-state index in [1.807, 2.05) is 0 Å². The van der Waals surface area contributed by atoms with Crippen LogP contribution in [0, 0.1) is 5.41 Å². The number of anilines is 3. The number of nitrogens with two attached hydrogens (primary N) is 2. The van der Waals surface area contributed by atoms with E-state index in [9.17, 15) is 9.59 Å². The number of ether oxygens (including phenoxy) is 3. The maximum Gasteiger partial charge on any atom is 0.338 e. The molecule has 12 nitrogen and oxygen atoms in total. The predicted molar refractivity (Wildman–Crippen MR) is 133 cm³/mol. The van der Waals surface area contributed by atoms with Crippen LogP contribution in [0.4, 0.5) is 17.2 Å². The van der Waals surface area contributed by atoms with Crippen molar-refractivity contribution in [2.24, 2.45) is 5.73 Å². The highest BCUT2D eigenvalue weighted by atomic mass is 16.6. The van der Waals surface area contributed by atoms with Crippen LogP contribution >= 0.6 is 0 Å².